The van der Waals surface area contributed by atoms with Gasteiger partial charge in [0.25, 0.3) is 5.91 Å². The van der Waals surface area contributed by atoms with E-state index in [9.17, 15) is 9.59 Å². The van der Waals surface area contributed by atoms with Crippen molar-refractivity contribution in [1.29, 1.82) is 0 Å². The maximum Gasteiger partial charge on any atom is 0.291 e. The molecule has 150 valence electrons. The van der Waals surface area contributed by atoms with Crippen LogP contribution in [0.1, 0.15) is 34.6 Å². The van der Waals surface area contributed by atoms with Crippen LogP contribution in [0.5, 0.6) is 0 Å². The number of halogens is 2. The largest absolute Gasteiger partial charge is 0.444 e. The van der Waals surface area contributed by atoms with Crippen LogP contribution < -0.4 is 5.32 Å². The number of furan rings is 1. The lowest BCUT2D eigenvalue weighted by atomic mass is 10.1. The van der Waals surface area contributed by atoms with Gasteiger partial charge >= 0.3 is 0 Å². The molecule has 0 radical (unpaired) electrons. The molecule has 0 aliphatic rings. The number of likely N-dealkylation sites (N-methyl/N-ethyl adjacent to an activating group) is 1. The maximum atomic E-state index is 12.7. The summed E-state index contributed by atoms with van der Waals surface area (Å²) in [7, 11) is 1.78. The molecule has 1 heterocycles. The van der Waals surface area contributed by atoms with Crippen molar-refractivity contribution in [1.82, 2.24) is 4.90 Å². The molecule has 0 bridgehead atoms. The van der Waals surface area contributed by atoms with Gasteiger partial charge in [0.2, 0.25) is 5.91 Å². The summed E-state index contributed by atoms with van der Waals surface area (Å²) in [5.41, 5.74) is 2.47. The molecule has 2 amide bonds. The number of benzene rings is 2. The molecule has 7 heteroatoms. The van der Waals surface area contributed by atoms with Gasteiger partial charge in [-0.25, -0.2) is 0 Å². The molecule has 1 aromatic heterocycles. The van der Waals surface area contributed by atoms with Crippen molar-refractivity contribution in [2.75, 3.05) is 12.4 Å². The second kappa shape index (κ2) is 9.29. The van der Waals surface area contributed by atoms with Gasteiger partial charge in [0.1, 0.15) is 0 Å². The zero-order valence-corrected chi connectivity index (χ0v) is 18.3. The van der Waals surface area contributed by atoms with Gasteiger partial charge in [-0.3, -0.25) is 9.59 Å². The number of nitrogens with one attached hydrogen (secondary N) is 1. The fourth-order valence-electron chi connectivity index (χ4n) is 2.84. The van der Waals surface area contributed by atoms with E-state index in [2.05, 4.69) is 21.2 Å². The fraction of sp³-hybridized carbons (Fsp3) is 0.182. The number of rotatable bonds is 6. The van der Waals surface area contributed by atoms with Gasteiger partial charge < -0.3 is 14.6 Å². The summed E-state index contributed by atoms with van der Waals surface area (Å²) >= 11 is 9.22. The Bertz CT molecular complexity index is 1020. The van der Waals surface area contributed by atoms with Crippen LogP contribution >= 0.6 is 27.5 Å². The first-order valence-electron chi connectivity index (χ1n) is 9.00. The van der Waals surface area contributed by atoms with Crippen molar-refractivity contribution in [2.24, 2.45) is 0 Å². The number of nitrogens with zero attached hydrogens (tertiary/aromatic N) is 1. The molecule has 3 rings (SSSR count). The second-order valence-corrected chi connectivity index (χ2v) is 7.89. The van der Waals surface area contributed by atoms with Crippen LogP contribution in [0.15, 0.2) is 69.8 Å². The van der Waals surface area contributed by atoms with E-state index < -0.39 is 0 Å². The average molecular weight is 476 g/mol. The summed E-state index contributed by atoms with van der Waals surface area (Å²) < 4.78 is 5.73. The average Bonchev–Trinajstić information content (AvgIpc) is 3.15. The Kier molecular flexibility index (Phi) is 6.77. The second-order valence-electron chi connectivity index (χ2n) is 6.67. The Morgan fingerprint density at radius 1 is 1.14 bits per heavy atom. The van der Waals surface area contributed by atoms with Crippen molar-refractivity contribution in [3.63, 3.8) is 0 Å². The van der Waals surface area contributed by atoms with E-state index in [1.165, 1.54) is 0 Å². The van der Waals surface area contributed by atoms with E-state index in [1.807, 2.05) is 43.3 Å². The summed E-state index contributed by atoms with van der Waals surface area (Å²) in [4.78, 5) is 26.5. The summed E-state index contributed by atoms with van der Waals surface area (Å²) in [5.74, 6) is -0.128. The quantitative estimate of drug-likeness (QED) is 0.497. The van der Waals surface area contributed by atoms with Crippen molar-refractivity contribution in [3.8, 4) is 0 Å². The predicted molar refractivity (Wildman–Crippen MR) is 117 cm³/mol. The lowest BCUT2D eigenvalue weighted by Gasteiger charge is -2.25. The first-order chi connectivity index (χ1) is 13.8. The molecule has 5 nitrogen and oxygen atoms in total. The van der Waals surface area contributed by atoms with E-state index in [1.54, 1.807) is 36.2 Å². The summed E-state index contributed by atoms with van der Waals surface area (Å²) in [6.45, 7) is 1.97. The van der Waals surface area contributed by atoms with Gasteiger partial charge in [-0.1, -0.05) is 35.9 Å². The van der Waals surface area contributed by atoms with Gasteiger partial charge in [0.05, 0.1) is 12.5 Å². The topological polar surface area (TPSA) is 62.6 Å². The number of hydrogen-bond acceptors (Lipinski definition) is 3. The molecule has 0 aliphatic heterocycles. The highest BCUT2D eigenvalue weighted by Gasteiger charge is 2.18. The summed E-state index contributed by atoms with van der Waals surface area (Å²) in [6.07, 6.45) is 0.265. The van der Waals surface area contributed by atoms with Gasteiger partial charge in [0, 0.05) is 17.8 Å². The monoisotopic (exact) mass is 474 g/mol. The van der Waals surface area contributed by atoms with Crippen molar-refractivity contribution >= 4 is 45.0 Å². The summed E-state index contributed by atoms with van der Waals surface area (Å²) in [6, 6.07) is 17.8. The molecule has 0 spiro atoms. The van der Waals surface area contributed by atoms with E-state index in [4.69, 9.17) is 16.0 Å². The molecular formula is C22H20BrClN2O3. The molecule has 1 N–H and O–H groups in total. The zero-order valence-electron chi connectivity index (χ0n) is 16.0. The Hall–Kier alpha value is -2.57. The highest BCUT2D eigenvalue weighted by atomic mass is 79.9. The number of anilines is 1. The first-order valence-corrected chi connectivity index (χ1v) is 10.2. The standard InChI is InChI=1S/C22H20BrClN2O3/c1-14(16-4-3-5-17(24)13-16)26(2)21(27)12-15-6-8-18(9-7-15)25-22(28)19-10-11-20(23)29-19/h3-11,13-14H,12H2,1-2H3,(H,25,28). The normalized spacial score (nSPS) is 11.7. The smallest absolute Gasteiger partial charge is 0.291 e. The molecule has 3 aromatic rings. The third kappa shape index (κ3) is 5.49. The van der Waals surface area contributed by atoms with Crippen LogP contribution in [-0.4, -0.2) is 23.8 Å². The molecule has 2 aromatic carbocycles. The summed E-state index contributed by atoms with van der Waals surface area (Å²) in [5, 5.41) is 3.41. The van der Waals surface area contributed by atoms with Crippen LogP contribution in [0.25, 0.3) is 0 Å². The molecule has 29 heavy (non-hydrogen) atoms. The zero-order chi connectivity index (χ0) is 21.0. The van der Waals surface area contributed by atoms with E-state index >= 15 is 0 Å². The maximum absolute atomic E-state index is 12.7. The van der Waals surface area contributed by atoms with Crippen LogP contribution in [-0.2, 0) is 11.2 Å². The van der Waals surface area contributed by atoms with Crippen LogP contribution in [0.4, 0.5) is 5.69 Å². The van der Waals surface area contributed by atoms with Crippen LogP contribution in [0.3, 0.4) is 0 Å². The number of amides is 2. The molecular weight excluding hydrogens is 456 g/mol. The minimum Gasteiger partial charge on any atom is -0.444 e. The molecule has 0 aliphatic carbocycles. The van der Waals surface area contributed by atoms with Crippen molar-refractivity contribution in [2.45, 2.75) is 19.4 Å². The van der Waals surface area contributed by atoms with Gasteiger partial charge in [-0.15, -0.1) is 0 Å². The lowest BCUT2D eigenvalue weighted by Crippen LogP contribution is -2.30. The Labute approximate surface area is 182 Å². The molecule has 0 fully saturated rings. The highest BCUT2D eigenvalue weighted by molar-refractivity contribution is 9.10. The Balaban J connectivity index is 1.60. The third-order valence-corrected chi connectivity index (χ3v) is 5.33. The number of hydrogen-bond donors (Lipinski definition) is 1. The van der Waals surface area contributed by atoms with E-state index in [0.29, 0.717) is 15.4 Å². The van der Waals surface area contributed by atoms with Gasteiger partial charge in [-0.2, -0.15) is 0 Å². The minimum absolute atomic E-state index is 0.00491. The lowest BCUT2D eigenvalue weighted by molar-refractivity contribution is -0.131. The SMILES string of the molecule is CC(c1cccc(Cl)c1)N(C)C(=O)Cc1ccc(NC(=O)c2ccc(Br)o2)cc1. The third-order valence-electron chi connectivity index (χ3n) is 4.67. The van der Waals surface area contributed by atoms with Crippen LogP contribution in [0.2, 0.25) is 5.02 Å². The molecule has 0 saturated heterocycles. The van der Waals surface area contributed by atoms with Gasteiger partial charge in [-0.05, 0) is 70.4 Å². The molecule has 1 atom stereocenters. The Morgan fingerprint density at radius 3 is 2.48 bits per heavy atom. The Morgan fingerprint density at radius 2 is 1.86 bits per heavy atom. The number of carbonyl (C=O) groups excluding carboxylic acids is 2. The van der Waals surface area contributed by atoms with E-state index in [-0.39, 0.29) is 30.0 Å². The first kappa shape index (κ1) is 21.1. The molecule has 1 unspecified atom stereocenters. The van der Waals surface area contributed by atoms with Crippen LogP contribution in [0, 0.1) is 0 Å². The predicted octanol–water partition coefficient (Wildman–Crippen LogP) is 5.71. The highest BCUT2D eigenvalue weighted by Crippen LogP contribution is 2.23. The molecule has 0 saturated carbocycles. The van der Waals surface area contributed by atoms with Gasteiger partial charge in [0.15, 0.2) is 10.4 Å². The van der Waals surface area contributed by atoms with Crippen molar-refractivity contribution < 1.29 is 14.0 Å². The number of carbonyl (C=O) groups is 2. The van der Waals surface area contributed by atoms with E-state index in [0.717, 1.165) is 11.1 Å². The van der Waals surface area contributed by atoms with Crippen molar-refractivity contribution in [3.05, 3.63) is 87.2 Å². The fourth-order valence-corrected chi connectivity index (χ4v) is 3.35. The minimum atomic E-state index is -0.338.